The van der Waals surface area contributed by atoms with Gasteiger partial charge in [0.2, 0.25) is 17.0 Å². The number of anilines is 1. The standard InChI is InChI=1S/C21H29N7O2S/c1-14-4-3-5-15(2)19(14)23-17(29)12-26-8-10-27(11-9-26)18(30)13-31-21-25-24-20(28(21)22)16-6-7-16/h3-5,16H,6-13,22H2,1-2H3,(H,23,29). The van der Waals surface area contributed by atoms with Gasteiger partial charge < -0.3 is 16.1 Å². The van der Waals surface area contributed by atoms with E-state index in [1.165, 1.54) is 16.4 Å². The first-order chi connectivity index (χ1) is 14.9. The normalized spacial score (nSPS) is 17.0. The van der Waals surface area contributed by atoms with Gasteiger partial charge in [0.25, 0.3) is 0 Å². The number of aryl methyl sites for hydroxylation is 2. The number of hydrogen-bond donors (Lipinski definition) is 2. The zero-order chi connectivity index (χ0) is 22.0. The minimum Gasteiger partial charge on any atom is -0.339 e. The number of aromatic nitrogens is 3. The summed E-state index contributed by atoms with van der Waals surface area (Å²) in [5.41, 5.74) is 2.99. The summed E-state index contributed by atoms with van der Waals surface area (Å²) in [7, 11) is 0. The molecule has 3 N–H and O–H groups in total. The summed E-state index contributed by atoms with van der Waals surface area (Å²) >= 11 is 1.33. The fourth-order valence-corrected chi connectivity index (χ4v) is 4.54. The summed E-state index contributed by atoms with van der Waals surface area (Å²) in [5, 5.41) is 11.9. The molecule has 2 aromatic rings. The number of piperazine rings is 1. The summed E-state index contributed by atoms with van der Waals surface area (Å²) in [6, 6.07) is 5.97. The van der Waals surface area contributed by atoms with Gasteiger partial charge in [0.05, 0.1) is 12.3 Å². The van der Waals surface area contributed by atoms with Crippen molar-refractivity contribution in [2.45, 2.75) is 37.8 Å². The molecule has 1 saturated heterocycles. The molecule has 0 spiro atoms. The number of nitrogens with one attached hydrogen (secondary N) is 1. The van der Waals surface area contributed by atoms with Crippen molar-refractivity contribution in [1.82, 2.24) is 24.7 Å². The quantitative estimate of drug-likeness (QED) is 0.491. The van der Waals surface area contributed by atoms with Crippen LogP contribution in [0.5, 0.6) is 0 Å². The number of amides is 2. The topological polar surface area (TPSA) is 109 Å². The van der Waals surface area contributed by atoms with Crippen molar-refractivity contribution in [3.8, 4) is 0 Å². The first kappa shape index (κ1) is 21.6. The van der Waals surface area contributed by atoms with Gasteiger partial charge in [-0.3, -0.25) is 14.5 Å². The van der Waals surface area contributed by atoms with Crippen LogP contribution in [0.3, 0.4) is 0 Å². The molecule has 0 radical (unpaired) electrons. The third kappa shape index (κ3) is 5.19. The Morgan fingerprint density at radius 3 is 2.45 bits per heavy atom. The van der Waals surface area contributed by atoms with Gasteiger partial charge in [-0.2, -0.15) is 0 Å². The summed E-state index contributed by atoms with van der Waals surface area (Å²) in [6.45, 7) is 6.88. The summed E-state index contributed by atoms with van der Waals surface area (Å²) in [5.74, 6) is 7.59. The molecule has 2 heterocycles. The molecule has 166 valence electrons. The number of carbonyl (C=O) groups excluding carboxylic acids is 2. The van der Waals surface area contributed by atoms with Gasteiger partial charge in [0, 0.05) is 37.8 Å². The van der Waals surface area contributed by atoms with Crippen LogP contribution in [0.15, 0.2) is 23.4 Å². The van der Waals surface area contributed by atoms with E-state index in [2.05, 4.69) is 20.4 Å². The molecule has 1 aromatic heterocycles. The fraction of sp³-hybridized carbons (Fsp3) is 0.524. The Bertz CT molecular complexity index is 944. The summed E-state index contributed by atoms with van der Waals surface area (Å²) < 4.78 is 1.52. The van der Waals surface area contributed by atoms with E-state index in [-0.39, 0.29) is 17.6 Å². The molecular formula is C21H29N7O2S. The number of thioether (sulfide) groups is 1. The number of benzene rings is 1. The zero-order valence-corrected chi connectivity index (χ0v) is 18.8. The van der Waals surface area contributed by atoms with Crippen LogP contribution < -0.4 is 11.2 Å². The third-order valence-electron chi connectivity index (χ3n) is 5.80. The van der Waals surface area contributed by atoms with Gasteiger partial charge >= 0.3 is 0 Å². The predicted octanol–water partition coefficient (Wildman–Crippen LogP) is 1.36. The van der Waals surface area contributed by atoms with Crippen molar-refractivity contribution in [1.29, 1.82) is 0 Å². The Labute approximate surface area is 186 Å². The summed E-state index contributed by atoms with van der Waals surface area (Å²) in [6.07, 6.45) is 2.21. The number of carbonyl (C=O) groups is 2. The highest BCUT2D eigenvalue weighted by molar-refractivity contribution is 7.99. The molecule has 1 aliphatic heterocycles. The van der Waals surface area contributed by atoms with Crippen molar-refractivity contribution in [2.75, 3.05) is 49.6 Å². The highest BCUT2D eigenvalue weighted by atomic mass is 32.2. The Hall–Kier alpha value is -2.59. The molecule has 2 fully saturated rings. The second kappa shape index (κ2) is 9.27. The number of hydrogen-bond acceptors (Lipinski definition) is 7. The van der Waals surface area contributed by atoms with Crippen LogP contribution in [0.4, 0.5) is 5.69 Å². The highest BCUT2D eigenvalue weighted by Crippen LogP contribution is 2.39. The van der Waals surface area contributed by atoms with Crippen LogP contribution in [-0.2, 0) is 9.59 Å². The molecule has 0 bridgehead atoms. The third-order valence-corrected chi connectivity index (χ3v) is 6.72. The van der Waals surface area contributed by atoms with Gasteiger partial charge in [0.15, 0.2) is 5.82 Å². The Kier molecular flexibility index (Phi) is 6.47. The van der Waals surface area contributed by atoms with E-state index < -0.39 is 0 Å². The minimum absolute atomic E-state index is 0.0264. The van der Waals surface area contributed by atoms with Crippen molar-refractivity contribution in [3.63, 3.8) is 0 Å². The van der Waals surface area contributed by atoms with Crippen LogP contribution in [0.1, 0.15) is 35.7 Å². The molecule has 31 heavy (non-hydrogen) atoms. The molecule has 1 aliphatic carbocycles. The Morgan fingerprint density at radius 2 is 1.81 bits per heavy atom. The number of nitrogens with zero attached hydrogens (tertiary/aromatic N) is 5. The van der Waals surface area contributed by atoms with Crippen LogP contribution in [0, 0.1) is 13.8 Å². The molecule has 4 rings (SSSR count). The maximum atomic E-state index is 12.6. The average molecular weight is 444 g/mol. The van der Waals surface area contributed by atoms with Crippen molar-refractivity contribution in [2.24, 2.45) is 0 Å². The van der Waals surface area contributed by atoms with Crippen molar-refractivity contribution < 1.29 is 9.59 Å². The molecule has 10 heteroatoms. The molecule has 0 atom stereocenters. The van der Waals surface area contributed by atoms with Crippen LogP contribution >= 0.6 is 11.8 Å². The van der Waals surface area contributed by atoms with Crippen molar-refractivity contribution in [3.05, 3.63) is 35.2 Å². The molecule has 0 unspecified atom stereocenters. The predicted molar refractivity (Wildman–Crippen MR) is 120 cm³/mol. The Morgan fingerprint density at radius 1 is 1.13 bits per heavy atom. The maximum Gasteiger partial charge on any atom is 0.238 e. The first-order valence-electron chi connectivity index (χ1n) is 10.6. The lowest BCUT2D eigenvalue weighted by molar-refractivity contribution is -0.130. The van der Waals surface area contributed by atoms with E-state index in [1.807, 2.05) is 36.9 Å². The second-order valence-electron chi connectivity index (χ2n) is 8.25. The monoisotopic (exact) mass is 443 g/mol. The van der Waals surface area contributed by atoms with Crippen LogP contribution in [-0.4, -0.2) is 75.0 Å². The average Bonchev–Trinajstić information content (AvgIpc) is 3.52. The molecule has 2 aliphatic rings. The van der Waals surface area contributed by atoms with E-state index in [1.54, 1.807) is 0 Å². The van der Waals surface area contributed by atoms with E-state index in [4.69, 9.17) is 5.84 Å². The van der Waals surface area contributed by atoms with E-state index >= 15 is 0 Å². The maximum absolute atomic E-state index is 12.6. The van der Waals surface area contributed by atoms with Gasteiger partial charge in [-0.25, -0.2) is 4.68 Å². The number of nitrogens with two attached hydrogens (primary N) is 1. The summed E-state index contributed by atoms with van der Waals surface area (Å²) in [4.78, 5) is 29.0. The highest BCUT2D eigenvalue weighted by Gasteiger charge is 2.30. The Balaban J connectivity index is 1.21. The lowest BCUT2D eigenvalue weighted by Crippen LogP contribution is -2.51. The van der Waals surface area contributed by atoms with Crippen LogP contribution in [0.2, 0.25) is 0 Å². The van der Waals surface area contributed by atoms with Gasteiger partial charge in [-0.15, -0.1) is 10.2 Å². The second-order valence-corrected chi connectivity index (χ2v) is 9.19. The molecule has 1 aromatic carbocycles. The number of nitrogen functional groups attached to an aromatic ring is 1. The van der Waals surface area contributed by atoms with E-state index in [9.17, 15) is 9.59 Å². The fourth-order valence-electron chi connectivity index (χ4n) is 3.77. The lowest BCUT2D eigenvalue weighted by Gasteiger charge is -2.34. The first-order valence-corrected chi connectivity index (χ1v) is 11.6. The minimum atomic E-state index is -0.0264. The smallest absolute Gasteiger partial charge is 0.238 e. The lowest BCUT2D eigenvalue weighted by atomic mass is 10.1. The van der Waals surface area contributed by atoms with Gasteiger partial charge in [-0.05, 0) is 37.8 Å². The van der Waals surface area contributed by atoms with Crippen LogP contribution in [0.25, 0.3) is 0 Å². The van der Waals surface area contributed by atoms with E-state index in [0.29, 0.717) is 43.8 Å². The van der Waals surface area contributed by atoms with Gasteiger partial charge in [0.1, 0.15) is 0 Å². The largest absolute Gasteiger partial charge is 0.339 e. The molecular weight excluding hydrogens is 414 g/mol. The molecule has 2 amide bonds. The SMILES string of the molecule is Cc1cccc(C)c1NC(=O)CN1CCN(C(=O)CSc2nnc(C3CC3)n2N)CC1. The molecule has 9 nitrogen and oxygen atoms in total. The number of para-hydroxylation sites is 1. The van der Waals surface area contributed by atoms with Crippen molar-refractivity contribution >= 4 is 29.3 Å². The molecule has 1 saturated carbocycles. The van der Waals surface area contributed by atoms with E-state index in [0.717, 1.165) is 35.5 Å². The van der Waals surface area contributed by atoms with Gasteiger partial charge in [-0.1, -0.05) is 30.0 Å². The number of rotatable bonds is 7. The zero-order valence-electron chi connectivity index (χ0n) is 18.0.